The van der Waals surface area contributed by atoms with Crippen LogP contribution in [0.2, 0.25) is 0 Å². The molecule has 2 saturated heterocycles. The van der Waals surface area contributed by atoms with Crippen molar-refractivity contribution in [2.45, 2.75) is 6.04 Å². The topological polar surface area (TPSA) is 42.0 Å². The molecule has 23 heavy (non-hydrogen) atoms. The molecule has 1 atom stereocenters. The molecule has 2 aliphatic heterocycles. The SMILES string of the molecule is OCCN1CCN(C(CN2CCNCC2)c2ccccc2)CC1. The maximum Gasteiger partial charge on any atom is 0.0558 e. The molecule has 0 amide bonds. The summed E-state index contributed by atoms with van der Waals surface area (Å²) in [6, 6.07) is 11.4. The fourth-order valence-electron chi connectivity index (χ4n) is 3.69. The van der Waals surface area contributed by atoms with Crippen LogP contribution in [0.25, 0.3) is 0 Å². The summed E-state index contributed by atoms with van der Waals surface area (Å²) in [6.07, 6.45) is 0. The number of hydrogen-bond acceptors (Lipinski definition) is 5. The number of nitrogens with one attached hydrogen (secondary N) is 1. The van der Waals surface area contributed by atoms with Crippen molar-refractivity contribution in [1.82, 2.24) is 20.0 Å². The van der Waals surface area contributed by atoms with Gasteiger partial charge in [0, 0.05) is 71.5 Å². The number of nitrogens with zero attached hydrogens (tertiary/aromatic N) is 3. The maximum atomic E-state index is 9.12. The summed E-state index contributed by atoms with van der Waals surface area (Å²) in [5, 5.41) is 12.6. The lowest BCUT2D eigenvalue weighted by molar-refractivity contribution is 0.0638. The van der Waals surface area contributed by atoms with Crippen molar-refractivity contribution >= 4 is 0 Å². The highest BCUT2D eigenvalue weighted by Crippen LogP contribution is 2.23. The van der Waals surface area contributed by atoms with E-state index in [0.29, 0.717) is 6.04 Å². The fraction of sp³-hybridized carbons (Fsp3) is 0.667. The van der Waals surface area contributed by atoms with E-state index < -0.39 is 0 Å². The van der Waals surface area contributed by atoms with E-state index in [9.17, 15) is 0 Å². The Labute approximate surface area is 139 Å². The van der Waals surface area contributed by atoms with Crippen molar-refractivity contribution in [2.75, 3.05) is 72.1 Å². The molecule has 0 spiro atoms. The van der Waals surface area contributed by atoms with Crippen LogP contribution in [-0.4, -0.2) is 91.9 Å². The molecule has 1 aromatic rings. The molecule has 1 unspecified atom stereocenters. The first-order valence-electron chi connectivity index (χ1n) is 8.92. The normalized spacial score (nSPS) is 23.0. The molecule has 2 N–H and O–H groups in total. The van der Waals surface area contributed by atoms with Crippen LogP contribution in [0.1, 0.15) is 11.6 Å². The summed E-state index contributed by atoms with van der Waals surface area (Å²) in [7, 11) is 0. The maximum absolute atomic E-state index is 9.12. The molecule has 2 aliphatic rings. The number of hydrogen-bond donors (Lipinski definition) is 2. The number of benzene rings is 1. The first-order valence-corrected chi connectivity index (χ1v) is 8.92. The highest BCUT2D eigenvalue weighted by Gasteiger charge is 2.26. The zero-order valence-corrected chi connectivity index (χ0v) is 14.0. The van der Waals surface area contributed by atoms with Crippen LogP contribution in [0.15, 0.2) is 30.3 Å². The zero-order chi connectivity index (χ0) is 15.9. The van der Waals surface area contributed by atoms with Crippen LogP contribution in [0, 0.1) is 0 Å². The summed E-state index contributed by atoms with van der Waals surface area (Å²) >= 11 is 0. The van der Waals surface area contributed by atoms with Crippen LogP contribution in [-0.2, 0) is 0 Å². The van der Waals surface area contributed by atoms with Gasteiger partial charge in [0.25, 0.3) is 0 Å². The van der Waals surface area contributed by atoms with Crippen molar-refractivity contribution in [3.63, 3.8) is 0 Å². The molecule has 5 heteroatoms. The fourth-order valence-corrected chi connectivity index (χ4v) is 3.69. The highest BCUT2D eigenvalue weighted by atomic mass is 16.3. The van der Waals surface area contributed by atoms with E-state index in [-0.39, 0.29) is 6.61 Å². The lowest BCUT2D eigenvalue weighted by atomic mass is 10.0. The Hall–Kier alpha value is -0.980. The molecule has 2 fully saturated rings. The minimum Gasteiger partial charge on any atom is -0.395 e. The van der Waals surface area contributed by atoms with Gasteiger partial charge in [-0.25, -0.2) is 0 Å². The summed E-state index contributed by atoms with van der Waals surface area (Å²) in [6.45, 7) is 11.0. The Bertz CT molecular complexity index is 442. The molecule has 0 aliphatic carbocycles. The number of β-amino-alcohol motifs (C(OH)–C–C–N with tert-alkyl or cyclic N) is 1. The molecule has 5 nitrogen and oxygen atoms in total. The van der Waals surface area contributed by atoms with Gasteiger partial charge in [0.15, 0.2) is 0 Å². The van der Waals surface area contributed by atoms with E-state index in [4.69, 9.17) is 5.11 Å². The zero-order valence-electron chi connectivity index (χ0n) is 14.0. The predicted octanol–water partition coefficient (Wildman–Crippen LogP) is 0.243. The van der Waals surface area contributed by atoms with Crippen molar-refractivity contribution in [3.05, 3.63) is 35.9 Å². The van der Waals surface area contributed by atoms with Gasteiger partial charge >= 0.3 is 0 Å². The van der Waals surface area contributed by atoms with Crippen molar-refractivity contribution < 1.29 is 5.11 Å². The van der Waals surface area contributed by atoms with E-state index in [0.717, 1.165) is 65.4 Å². The Balaban J connectivity index is 1.65. The Morgan fingerprint density at radius 1 is 0.913 bits per heavy atom. The van der Waals surface area contributed by atoms with Gasteiger partial charge in [-0.1, -0.05) is 30.3 Å². The number of rotatable bonds is 6. The molecule has 0 aromatic heterocycles. The third-order valence-corrected chi connectivity index (χ3v) is 5.09. The smallest absolute Gasteiger partial charge is 0.0558 e. The molecule has 0 saturated carbocycles. The van der Waals surface area contributed by atoms with Crippen LogP contribution in [0.3, 0.4) is 0 Å². The number of piperazine rings is 2. The van der Waals surface area contributed by atoms with Gasteiger partial charge in [0.2, 0.25) is 0 Å². The van der Waals surface area contributed by atoms with Crippen LogP contribution in [0.4, 0.5) is 0 Å². The van der Waals surface area contributed by atoms with Gasteiger partial charge in [-0.05, 0) is 5.56 Å². The van der Waals surface area contributed by atoms with E-state index >= 15 is 0 Å². The average Bonchev–Trinajstić information content (AvgIpc) is 2.62. The Morgan fingerprint density at radius 2 is 1.61 bits per heavy atom. The molecule has 3 rings (SSSR count). The van der Waals surface area contributed by atoms with Crippen LogP contribution >= 0.6 is 0 Å². The van der Waals surface area contributed by atoms with Gasteiger partial charge in [-0.3, -0.25) is 14.7 Å². The summed E-state index contributed by atoms with van der Waals surface area (Å²) in [4.78, 5) is 7.59. The van der Waals surface area contributed by atoms with Gasteiger partial charge in [-0.15, -0.1) is 0 Å². The quantitative estimate of drug-likeness (QED) is 0.787. The van der Waals surface area contributed by atoms with Crippen molar-refractivity contribution in [1.29, 1.82) is 0 Å². The molecule has 0 bridgehead atoms. The van der Waals surface area contributed by atoms with Gasteiger partial charge in [-0.2, -0.15) is 0 Å². The molecular formula is C18H30N4O. The predicted molar refractivity (Wildman–Crippen MR) is 93.6 cm³/mol. The van der Waals surface area contributed by atoms with E-state index in [1.807, 2.05) is 0 Å². The second-order valence-electron chi connectivity index (χ2n) is 6.58. The third-order valence-electron chi connectivity index (χ3n) is 5.09. The minimum absolute atomic E-state index is 0.267. The molecule has 128 valence electrons. The number of aliphatic hydroxyl groups excluding tert-OH is 1. The van der Waals surface area contributed by atoms with Crippen LogP contribution < -0.4 is 5.32 Å². The number of aliphatic hydroxyl groups is 1. The summed E-state index contributed by atoms with van der Waals surface area (Å²) in [5.41, 5.74) is 1.43. The molecule has 2 heterocycles. The lowest BCUT2D eigenvalue weighted by Crippen LogP contribution is -2.52. The highest BCUT2D eigenvalue weighted by molar-refractivity contribution is 5.20. The lowest BCUT2D eigenvalue weighted by Gasteiger charge is -2.41. The van der Waals surface area contributed by atoms with Gasteiger partial charge < -0.3 is 10.4 Å². The van der Waals surface area contributed by atoms with E-state index in [1.54, 1.807) is 0 Å². The Kier molecular flexibility index (Phi) is 6.42. The van der Waals surface area contributed by atoms with Crippen molar-refractivity contribution in [3.8, 4) is 0 Å². The summed E-state index contributed by atoms with van der Waals surface area (Å²) in [5.74, 6) is 0. The molecular weight excluding hydrogens is 288 g/mol. The second kappa shape index (κ2) is 8.76. The minimum atomic E-state index is 0.267. The average molecular weight is 318 g/mol. The standard InChI is InChI=1S/C18H30N4O/c23-15-14-20-10-12-22(13-11-20)18(17-4-2-1-3-5-17)16-21-8-6-19-7-9-21/h1-5,18-19,23H,6-16H2. The van der Waals surface area contributed by atoms with Gasteiger partial charge in [0.1, 0.15) is 0 Å². The Morgan fingerprint density at radius 3 is 2.26 bits per heavy atom. The van der Waals surface area contributed by atoms with Crippen molar-refractivity contribution in [2.24, 2.45) is 0 Å². The largest absolute Gasteiger partial charge is 0.395 e. The first-order chi connectivity index (χ1) is 11.4. The second-order valence-corrected chi connectivity index (χ2v) is 6.58. The van der Waals surface area contributed by atoms with E-state index in [2.05, 4.69) is 50.3 Å². The third kappa shape index (κ3) is 4.75. The summed E-state index contributed by atoms with van der Waals surface area (Å²) < 4.78 is 0. The van der Waals surface area contributed by atoms with Gasteiger partial charge in [0.05, 0.1) is 6.61 Å². The first kappa shape index (κ1) is 16.9. The monoisotopic (exact) mass is 318 g/mol. The molecule has 1 aromatic carbocycles. The van der Waals surface area contributed by atoms with E-state index in [1.165, 1.54) is 5.56 Å². The van der Waals surface area contributed by atoms with Crippen LogP contribution in [0.5, 0.6) is 0 Å². The molecule has 0 radical (unpaired) electrons.